The molecule has 0 spiro atoms. The van der Waals surface area contributed by atoms with E-state index in [2.05, 4.69) is 5.32 Å². The van der Waals surface area contributed by atoms with Crippen molar-refractivity contribution in [2.75, 3.05) is 11.9 Å². The molecule has 0 radical (unpaired) electrons. The van der Waals surface area contributed by atoms with E-state index >= 15 is 0 Å². The monoisotopic (exact) mass is 289 g/mol. The lowest BCUT2D eigenvalue weighted by Gasteiger charge is -2.07. The van der Waals surface area contributed by atoms with Crippen molar-refractivity contribution in [3.8, 4) is 5.75 Å². The highest BCUT2D eigenvalue weighted by atomic mass is 16.5. The molecule has 6 nitrogen and oxygen atoms in total. The van der Waals surface area contributed by atoms with Gasteiger partial charge in [-0.3, -0.25) is 4.79 Å². The van der Waals surface area contributed by atoms with Crippen LogP contribution in [0.4, 0.5) is 5.69 Å². The number of benzene rings is 1. The maximum atomic E-state index is 12.1. The van der Waals surface area contributed by atoms with Gasteiger partial charge in [0.15, 0.2) is 6.61 Å². The minimum absolute atomic E-state index is 0.292. The minimum atomic E-state index is -1.06. The van der Waals surface area contributed by atoms with Gasteiger partial charge in [0.2, 0.25) is 0 Å². The molecular weight excluding hydrogens is 274 g/mol. The minimum Gasteiger partial charge on any atom is -0.482 e. The van der Waals surface area contributed by atoms with Crippen molar-refractivity contribution in [3.05, 3.63) is 47.4 Å². The summed E-state index contributed by atoms with van der Waals surface area (Å²) in [5.41, 5.74) is 0.977. The molecule has 1 aromatic heterocycles. The van der Waals surface area contributed by atoms with Crippen LogP contribution in [-0.2, 0) is 4.79 Å². The van der Waals surface area contributed by atoms with E-state index in [1.807, 2.05) is 0 Å². The van der Waals surface area contributed by atoms with Gasteiger partial charge in [0.25, 0.3) is 5.91 Å². The Morgan fingerprint density at radius 1 is 1.29 bits per heavy atom. The van der Waals surface area contributed by atoms with Crippen LogP contribution in [0, 0.1) is 13.8 Å². The van der Waals surface area contributed by atoms with Gasteiger partial charge in [-0.25, -0.2) is 4.79 Å². The fraction of sp³-hybridized carbons (Fsp3) is 0.200. The van der Waals surface area contributed by atoms with Crippen LogP contribution in [0.15, 0.2) is 34.7 Å². The highest BCUT2D eigenvalue weighted by Crippen LogP contribution is 2.20. The first-order valence-corrected chi connectivity index (χ1v) is 6.29. The number of ether oxygens (including phenoxy) is 1. The lowest BCUT2D eigenvalue weighted by Crippen LogP contribution is -2.13. The Kier molecular flexibility index (Phi) is 4.27. The van der Waals surface area contributed by atoms with Crippen LogP contribution in [-0.4, -0.2) is 23.6 Å². The van der Waals surface area contributed by atoms with Crippen LogP contribution in [0.5, 0.6) is 5.75 Å². The molecule has 0 aliphatic rings. The van der Waals surface area contributed by atoms with Gasteiger partial charge in [0.05, 0.1) is 5.56 Å². The zero-order valence-corrected chi connectivity index (χ0v) is 11.7. The van der Waals surface area contributed by atoms with E-state index < -0.39 is 12.6 Å². The average molecular weight is 289 g/mol. The molecule has 6 heteroatoms. The molecule has 0 saturated heterocycles. The summed E-state index contributed by atoms with van der Waals surface area (Å²) in [5, 5.41) is 11.3. The number of aryl methyl sites for hydroxylation is 2. The molecule has 2 aromatic rings. The Morgan fingerprint density at radius 2 is 2.05 bits per heavy atom. The van der Waals surface area contributed by atoms with Gasteiger partial charge in [0.1, 0.15) is 17.3 Å². The maximum Gasteiger partial charge on any atom is 0.341 e. The number of carboxylic acids is 1. The highest BCUT2D eigenvalue weighted by Gasteiger charge is 2.13. The number of furan rings is 1. The van der Waals surface area contributed by atoms with Crippen LogP contribution in [0.25, 0.3) is 0 Å². The second kappa shape index (κ2) is 6.13. The molecule has 0 aliphatic carbocycles. The fourth-order valence-corrected chi connectivity index (χ4v) is 1.86. The van der Waals surface area contributed by atoms with E-state index in [0.29, 0.717) is 28.5 Å². The van der Waals surface area contributed by atoms with Crippen molar-refractivity contribution < 1.29 is 23.8 Å². The van der Waals surface area contributed by atoms with Crippen LogP contribution in [0.1, 0.15) is 21.9 Å². The van der Waals surface area contributed by atoms with E-state index in [1.165, 1.54) is 0 Å². The number of carbonyl (C=O) groups is 2. The summed E-state index contributed by atoms with van der Waals surface area (Å²) in [4.78, 5) is 22.6. The molecule has 1 heterocycles. The summed E-state index contributed by atoms with van der Waals surface area (Å²) in [6.45, 7) is 3.05. The van der Waals surface area contributed by atoms with Gasteiger partial charge in [0, 0.05) is 11.8 Å². The van der Waals surface area contributed by atoms with Crippen molar-refractivity contribution in [1.82, 2.24) is 0 Å². The molecule has 21 heavy (non-hydrogen) atoms. The van der Waals surface area contributed by atoms with E-state index in [0.717, 1.165) is 0 Å². The average Bonchev–Trinajstić information content (AvgIpc) is 2.76. The van der Waals surface area contributed by atoms with Gasteiger partial charge in [-0.1, -0.05) is 6.07 Å². The highest BCUT2D eigenvalue weighted by molar-refractivity contribution is 6.05. The molecule has 2 N–H and O–H groups in total. The molecular formula is C15H15NO5. The zero-order chi connectivity index (χ0) is 15.4. The third-order valence-corrected chi connectivity index (χ3v) is 2.74. The maximum absolute atomic E-state index is 12.1. The van der Waals surface area contributed by atoms with E-state index in [-0.39, 0.29) is 5.91 Å². The van der Waals surface area contributed by atoms with Crippen molar-refractivity contribution in [3.63, 3.8) is 0 Å². The van der Waals surface area contributed by atoms with Crippen molar-refractivity contribution in [1.29, 1.82) is 0 Å². The summed E-state index contributed by atoms with van der Waals surface area (Å²) in [5.74, 6) is 0.225. The molecule has 0 bridgehead atoms. The predicted octanol–water partition coefficient (Wildman–Crippen LogP) is 2.61. The largest absolute Gasteiger partial charge is 0.482 e. The first-order chi connectivity index (χ1) is 9.95. The van der Waals surface area contributed by atoms with Crippen LogP contribution in [0.2, 0.25) is 0 Å². The topological polar surface area (TPSA) is 88.8 Å². The summed E-state index contributed by atoms with van der Waals surface area (Å²) >= 11 is 0. The van der Waals surface area contributed by atoms with Crippen LogP contribution >= 0.6 is 0 Å². The van der Waals surface area contributed by atoms with Crippen LogP contribution in [0.3, 0.4) is 0 Å². The number of rotatable bonds is 5. The van der Waals surface area contributed by atoms with Crippen LogP contribution < -0.4 is 10.1 Å². The summed E-state index contributed by atoms with van der Waals surface area (Å²) in [6, 6.07) is 8.19. The molecule has 110 valence electrons. The number of nitrogens with one attached hydrogen (secondary N) is 1. The first-order valence-electron chi connectivity index (χ1n) is 6.29. The summed E-state index contributed by atoms with van der Waals surface area (Å²) in [7, 11) is 0. The number of hydrogen-bond acceptors (Lipinski definition) is 4. The lowest BCUT2D eigenvalue weighted by molar-refractivity contribution is -0.139. The summed E-state index contributed by atoms with van der Waals surface area (Å²) < 4.78 is 10.4. The Hall–Kier alpha value is -2.76. The van der Waals surface area contributed by atoms with Gasteiger partial charge in [-0.2, -0.15) is 0 Å². The van der Waals surface area contributed by atoms with E-state index in [1.54, 1.807) is 44.2 Å². The predicted molar refractivity (Wildman–Crippen MR) is 75.7 cm³/mol. The first kappa shape index (κ1) is 14.6. The second-order valence-electron chi connectivity index (χ2n) is 4.49. The van der Waals surface area contributed by atoms with E-state index in [9.17, 15) is 9.59 Å². The molecule has 0 atom stereocenters. The number of anilines is 1. The molecule has 0 unspecified atom stereocenters. The second-order valence-corrected chi connectivity index (χ2v) is 4.49. The molecule has 0 fully saturated rings. The summed E-state index contributed by atoms with van der Waals surface area (Å²) in [6.07, 6.45) is 0. The SMILES string of the molecule is Cc1cc(C(=O)Nc2cccc(OCC(=O)O)c2)c(C)o1. The van der Waals surface area contributed by atoms with Gasteiger partial charge >= 0.3 is 5.97 Å². The number of carboxylic acid groups (broad SMARTS) is 1. The number of carbonyl (C=O) groups excluding carboxylic acids is 1. The van der Waals surface area contributed by atoms with Crippen molar-refractivity contribution >= 4 is 17.6 Å². The third-order valence-electron chi connectivity index (χ3n) is 2.74. The molecule has 0 saturated carbocycles. The Morgan fingerprint density at radius 3 is 2.67 bits per heavy atom. The zero-order valence-electron chi connectivity index (χ0n) is 11.7. The quantitative estimate of drug-likeness (QED) is 0.883. The number of amides is 1. The van der Waals surface area contributed by atoms with Crippen molar-refractivity contribution in [2.45, 2.75) is 13.8 Å². The van der Waals surface area contributed by atoms with Gasteiger partial charge in [-0.15, -0.1) is 0 Å². The smallest absolute Gasteiger partial charge is 0.341 e. The normalized spacial score (nSPS) is 10.2. The number of aliphatic carboxylic acids is 1. The van der Waals surface area contributed by atoms with E-state index in [4.69, 9.17) is 14.3 Å². The van der Waals surface area contributed by atoms with Crippen molar-refractivity contribution in [2.24, 2.45) is 0 Å². The third kappa shape index (κ3) is 3.85. The molecule has 1 aromatic carbocycles. The Labute approximate surface area is 121 Å². The molecule has 2 rings (SSSR count). The lowest BCUT2D eigenvalue weighted by atomic mass is 10.2. The van der Waals surface area contributed by atoms with Gasteiger partial charge < -0.3 is 19.6 Å². The molecule has 1 amide bonds. The molecule has 0 aliphatic heterocycles. The fourth-order valence-electron chi connectivity index (χ4n) is 1.86. The standard InChI is InChI=1S/C15H15NO5/c1-9-6-13(10(2)21-9)15(19)16-11-4-3-5-12(7-11)20-8-14(17)18/h3-7H,8H2,1-2H3,(H,16,19)(H,17,18). The Bertz CT molecular complexity index is 674. The van der Waals surface area contributed by atoms with Gasteiger partial charge in [-0.05, 0) is 32.0 Å². The number of hydrogen-bond donors (Lipinski definition) is 2. The Balaban J connectivity index is 2.09.